The number of nitrogens with one attached hydrogen (secondary N) is 1. The molecular formula is C15H11BrClNS. The summed E-state index contributed by atoms with van der Waals surface area (Å²) in [6.45, 7) is 0.795. The third-order valence-electron chi connectivity index (χ3n) is 2.95. The van der Waals surface area contributed by atoms with Crippen LogP contribution in [0.25, 0.3) is 10.8 Å². The molecule has 0 bridgehead atoms. The van der Waals surface area contributed by atoms with Crippen LogP contribution in [0.1, 0.15) is 4.88 Å². The van der Waals surface area contributed by atoms with Gasteiger partial charge in [0.25, 0.3) is 0 Å². The van der Waals surface area contributed by atoms with Crippen molar-refractivity contribution in [1.29, 1.82) is 0 Å². The van der Waals surface area contributed by atoms with Gasteiger partial charge in [0.05, 0.1) is 4.34 Å². The van der Waals surface area contributed by atoms with E-state index in [0.717, 1.165) is 21.0 Å². The topological polar surface area (TPSA) is 12.0 Å². The number of rotatable bonds is 3. The maximum atomic E-state index is 5.94. The molecule has 1 nitrogen and oxygen atoms in total. The minimum Gasteiger partial charge on any atom is -0.380 e. The summed E-state index contributed by atoms with van der Waals surface area (Å²) in [5.41, 5.74) is 1.14. The maximum Gasteiger partial charge on any atom is 0.0931 e. The van der Waals surface area contributed by atoms with E-state index >= 15 is 0 Å². The first-order chi connectivity index (χ1) is 9.24. The molecule has 0 saturated carbocycles. The standard InChI is InChI=1S/C15H11BrClNS/c16-13-6-7-14(12-4-2-1-3-11(12)13)18-9-10-5-8-15(17)19-10/h1-8,18H,9H2. The van der Waals surface area contributed by atoms with Crippen LogP contribution in [0.5, 0.6) is 0 Å². The molecule has 0 atom stereocenters. The highest BCUT2D eigenvalue weighted by molar-refractivity contribution is 9.10. The van der Waals surface area contributed by atoms with Gasteiger partial charge in [0, 0.05) is 27.0 Å². The van der Waals surface area contributed by atoms with Crippen LogP contribution in [-0.2, 0) is 6.54 Å². The van der Waals surface area contributed by atoms with E-state index in [0.29, 0.717) is 0 Å². The third kappa shape index (κ3) is 2.78. The summed E-state index contributed by atoms with van der Waals surface area (Å²) in [5.74, 6) is 0. The Balaban J connectivity index is 1.91. The van der Waals surface area contributed by atoms with Crippen LogP contribution in [0.15, 0.2) is 53.0 Å². The zero-order chi connectivity index (χ0) is 13.2. The Bertz CT molecular complexity index is 723. The minimum absolute atomic E-state index is 0.795. The van der Waals surface area contributed by atoms with Crippen molar-refractivity contribution in [3.05, 3.63) is 62.2 Å². The van der Waals surface area contributed by atoms with Crippen molar-refractivity contribution in [1.82, 2.24) is 0 Å². The van der Waals surface area contributed by atoms with E-state index in [1.54, 1.807) is 11.3 Å². The number of hydrogen-bond donors (Lipinski definition) is 1. The van der Waals surface area contributed by atoms with Gasteiger partial charge < -0.3 is 5.32 Å². The quantitative estimate of drug-likeness (QED) is 0.616. The fourth-order valence-electron chi connectivity index (χ4n) is 2.05. The molecule has 0 saturated heterocycles. The number of anilines is 1. The molecule has 1 heterocycles. The van der Waals surface area contributed by atoms with Crippen molar-refractivity contribution in [2.24, 2.45) is 0 Å². The first-order valence-electron chi connectivity index (χ1n) is 5.89. The zero-order valence-corrected chi connectivity index (χ0v) is 13.1. The Morgan fingerprint density at radius 1 is 1.00 bits per heavy atom. The average molecular weight is 353 g/mol. The average Bonchev–Trinajstić information content (AvgIpc) is 2.84. The third-order valence-corrected chi connectivity index (χ3v) is 4.88. The smallest absolute Gasteiger partial charge is 0.0931 e. The zero-order valence-electron chi connectivity index (χ0n) is 9.99. The normalized spacial score (nSPS) is 10.8. The predicted molar refractivity (Wildman–Crippen MR) is 88.3 cm³/mol. The summed E-state index contributed by atoms with van der Waals surface area (Å²) < 4.78 is 1.95. The maximum absolute atomic E-state index is 5.94. The number of thiophene rings is 1. The Kier molecular flexibility index (Phi) is 3.78. The summed E-state index contributed by atoms with van der Waals surface area (Å²) in [6.07, 6.45) is 0. The molecule has 96 valence electrons. The summed E-state index contributed by atoms with van der Waals surface area (Å²) in [6, 6.07) is 16.5. The van der Waals surface area contributed by atoms with Gasteiger partial charge in [0.1, 0.15) is 0 Å². The Hall–Kier alpha value is -1.03. The molecule has 2 aromatic carbocycles. The minimum atomic E-state index is 0.795. The van der Waals surface area contributed by atoms with Crippen molar-refractivity contribution >= 4 is 55.3 Å². The van der Waals surface area contributed by atoms with E-state index in [1.165, 1.54) is 15.6 Å². The molecule has 4 heteroatoms. The van der Waals surface area contributed by atoms with Crippen molar-refractivity contribution in [3.8, 4) is 0 Å². The fraction of sp³-hybridized carbons (Fsp3) is 0.0667. The lowest BCUT2D eigenvalue weighted by Crippen LogP contribution is -1.98. The number of hydrogen-bond acceptors (Lipinski definition) is 2. The Morgan fingerprint density at radius 3 is 2.53 bits per heavy atom. The van der Waals surface area contributed by atoms with Crippen molar-refractivity contribution < 1.29 is 0 Å². The molecule has 1 aromatic heterocycles. The van der Waals surface area contributed by atoms with Crippen LogP contribution in [0, 0.1) is 0 Å². The molecule has 0 radical (unpaired) electrons. The summed E-state index contributed by atoms with van der Waals surface area (Å²) >= 11 is 11.1. The summed E-state index contributed by atoms with van der Waals surface area (Å²) in [5, 5.41) is 5.92. The van der Waals surface area contributed by atoms with Gasteiger partial charge in [-0.15, -0.1) is 11.3 Å². The highest BCUT2D eigenvalue weighted by atomic mass is 79.9. The highest BCUT2D eigenvalue weighted by Gasteiger charge is 2.04. The van der Waals surface area contributed by atoms with Crippen LogP contribution in [0.3, 0.4) is 0 Å². The van der Waals surface area contributed by atoms with Gasteiger partial charge in [-0.3, -0.25) is 0 Å². The Morgan fingerprint density at radius 2 is 1.79 bits per heavy atom. The van der Waals surface area contributed by atoms with E-state index < -0.39 is 0 Å². The largest absolute Gasteiger partial charge is 0.380 e. The summed E-state index contributed by atoms with van der Waals surface area (Å²) in [4.78, 5) is 1.23. The SMILES string of the molecule is Clc1ccc(CNc2ccc(Br)c3ccccc23)s1. The molecule has 0 aliphatic carbocycles. The number of halogens is 2. The molecule has 1 N–H and O–H groups in total. The Labute approximate surface area is 129 Å². The molecule has 3 rings (SSSR count). The van der Waals surface area contributed by atoms with Gasteiger partial charge in [-0.1, -0.05) is 51.8 Å². The molecule has 0 aliphatic rings. The van der Waals surface area contributed by atoms with Crippen LogP contribution >= 0.6 is 38.9 Å². The van der Waals surface area contributed by atoms with Crippen LogP contribution in [-0.4, -0.2) is 0 Å². The molecule has 0 unspecified atom stereocenters. The second kappa shape index (κ2) is 5.53. The van der Waals surface area contributed by atoms with Crippen molar-refractivity contribution in [2.45, 2.75) is 6.54 Å². The van der Waals surface area contributed by atoms with E-state index in [1.807, 2.05) is 6.07 Å². The molecule has 0 fully saturated rings. The summed E-state index contributed by atoms with van der Waals surface area (Å²) in [7, 11) is 0. The van der Waals surface area contributed by atoms with Crippen molar-refractivity contribution in [3.63, 3.8) is 0 Å². The molecule has 0 amide bonds. The highest BCUT2D eigenvalue weighted by Crippen LogP contribution is 2.30. The molecule has 0 aliphatic heterocycles. The first kappa shape index (κ1) is 13.0. The second-order valence-corrected chi connectivity index (χ2v) is 6.85. The van der Waals surface area contributed by atoms with Crippen molar-refractivity contribution in [2.75, 3.05) is 5.32 Å². The van der Waals surface area contributed by atoms with Crippen LogP contribution in [0.4, 0.5) is 5.69 Å². The molecule has 0 spiro atoms. The molecule has 3 aromatic rings. The lowest BCUT2D eigenvalue weighted by molar-refractivity contribution is 1.20. The second-order valence-electron chi connectivity index (χ2n) is 4.20. The van der Waals surface area contributed by atoms with Gasteiger partial charge >= 0.3 is 0 Å². The van der Waals surface area contributed by atoms with Gasteiger partial charge in [-0.05, 0) is 29.7 Å². The lowest BCUT2D eigenvalue weighted by Gasteiger charge is -2.10. The van der Waals surface area contributed by atoms with Gasteiger partial charge in [-0.25, -0.2) is 0 Å². The fourth-order valence-corrected chi connectivity index (χ4v) is 3.55. The van der Waals surface area contributed by atoms with E-state index in [9.17, 15) is 0 Å². The van der Waals surface area contributed by atoms with Gasteiger partial charge in [-0.2, -0.15) is 0 Å². The monoisotopic (exact) mass is 351 g/mol. The number of fused-ring (bicyclic) bond motifs is 1. The van der Waals surface area contributed by atoms with Crippen LogP contribution in [0.2, 0.25) is 4.34 Å². The lowest BCUT2D eigenvalue weighted by atomic mass is 10.1. The van der Waals surface area contributed by atoms with E-state index in [-0.39, 0.29) is 0 Å². The molecule has 19 heavy (non-hydrogen) atoms. The van der Waals surface area contributed by atoms with E-state index in [4.69, 9.17) is 11.6 Å². The first-order valence-corrected chi connectivity index (χ1v) is 7.88. The predicted octanol–water partition coefficient (Wildman–Crippen LogP) is 5.93. The number of benzene rings is 2. The van der Waals surface area contributed by atoms with E-state index in [2.05, 4.69) is 63.7 Å². The van der Waals surface area contributed by atoms with Gasteiger partial charge in [0.15, 0.2) is 0 Å². The van der Waals surface area contributed by atoms with Gasteiger partial charge in [0.2, 0.25) is 0 Å². The van der Waals surface area contributed by atoms with Crippen LogP contribution < -0.4 is 5.32 Å². The molecular weight excluding hydrogens is 342 g/mol.